The molecule has 4 rings (SSSR count). The van der Waals surface area contributed by atoms with Gasteiger partial charge in [0.2, 0.25) is 0 Å². The summed E-state index contributed by atoms with van der Waals surface area (Å²) < 4.78 is 6.08. The Hall–Kier alpha value is -2.49. The first-order valence-corrected chi connectivity index (χ1v) is 11.7. The molecule has 2 aromatic rings. The molecule has 4 heteroatoms. The largest absolute Gasteiger partial charge is 0.491 e. The first-order valence-electron chi connectivity index (χ1n) is 11.7. The number of aryl methyl sites for hydroxylation is 1. The van der Waals surface area contributed by atoms with Gasteiger partial charge in [0.25, 0.3) is 0 Å². The lowest BCUT2D eigenvalue weighted by molar-refractivity contribution is -0.120. The standard InChI is InChI=1S/C27H34N2O2.CH4/c1-17(2)31-21-14-19(18-9-6-7-10-18)13-20(15-21)24-16-28-23-12-8-11-22(25(23)29-24)26(30)27(3,4)5;/h11,13-18H,6-10,12H2,1-5H3;1H4. The summed E-state index contributed by atoms with van der Waals surface area (Å²) in [5, 5.41) is 0. The molecular weight excluding hydrogens is 396 g/mol. The fourth-order valence-electron chi connectivity index (χ4n) is 4.61. The lowest BCUT2D eigenvalue weighted by Gasteiger charge is -2.23. The molecule has 1 saturated carbocycles. The Labute approximate surface area is 193 Å². The zero-order chi connectivity index (χ0) is 22.2. The van der Waals surface area contributed by atoms with Crippen LogP contribution < -0.4 is 4.74 Å². The number of aromatic nitrogens is 2. The Morgan fingerprint density at radius 3 is 2.50 bits per heavy atom. The average molecular weight is 435 g/mol. The number of nitrogens with zero attached hydrogens (tertiary/aromatic N) is 2. The molecule has 0 bridgehead atoms. The van der Waals surface area contributed by atoms with E-state index in [9.17, 15) is 4.79 Å². The van der Waals surface area contributed by atoms with E-state index in [0.717, 1.165) is 41.2 Å². The third-order valence-electron chi connectivity index (χ3n) is 6.18. The minimum absolute atomic E-state index is 0. The molecule has 4 nitrogen and oxygen atoms in total. The van der Waals surface area contributed by atoms with E-state index in [1.807, 2.05) is 33.0 Å². The molecule has 32 heavy (non-hydrogen) atoms. The number of hydrogen-bond acceptors (Lipinski definition) is 4. The van der Waals surface area contributed by atoms with Gasteiger partial charge in [0, 0.05) is 16.6 Å². The Balaban J connectivity index is 0.00000289. The lowest BCUT2D eigenvalue weighted by atomic mass is 9.82. The molecule has 0 unspecified atom stereocenters. The highest BCUT2D eigenvalue weighted by atomic mass is 16.5. The van der Waals surface area contributed by atoms with E-state index in [1.54, 1.807) is 0 Å². The van der Waals surface area contributed by atoms with Crippen molar-refractivity contribution in [1.82, 2.24) is 9.97 Å². The van der Waals surface area contributed by atoms with Gasteiger partial charge >= 0.3 is 0 Å². The van der Waals surface area contributed by atoms with Gasteiger partial charge in [-0.25, -0.2) is 4.98 Å². The number of ether oxygens (including phenoxy) is 1. The summed E-state index contributed by atoms with van der Waals surface area (Å²) in [5.41, 5.74) is 5.09. The van der Waals surface area contributed by atoms with Crippen LogP contribution in [0.25, 0.3) is 16.8 Å². The van der Waals surface area contributed by atoms with Crippen molar-refractivity contribution >= 4 is 11.4 Å². The molecule has 0 radical (unpaired) electrons. The summed E-state index contributed by atoms with van der Waals surface area (Å²) in [6.45, 7) is 9.98. The first-order chi connectivity index (χ1) is 14.7. The summed E-state index contributed by atoms with van der Waals surface area (Å²) >= 11 is 0. The molecule has 2 aliphatic rings. The van der Waals surface area contributed by atoms with E-state index in [-0.39, 0.29) is 19.3 Å². The molecule has 0 spiro atoms. The number of carbonyl (C=O) groups is 1. The van der Waals surface area contributed by atoms with E-state index in [0.29, 0.717) is 11.5 Å². The van der Waals surface area contributed by atoms with Crippen LogP contribution in [0.2, 0.25) is 0 Å². The molecule has 1 aromatic carbocycles. The maximum Gasteiger partial charge on any atom is 0.170 e. The predicted octanol–water partition coefficient (Wildman–Crippen LogP) is 7.17. The van der Waals surface area contributed by atoms with Crippen LogP contribution in [0.15, 0.2) is 30.5 Å². The zero-order valence-corrected chi connectivity index (χ0v) is 19.5. The molecule has 0 N–H and O–H groups in total. The van der Waals surface area contributed by atoms with Crippen LogP contribution in [-0.4, -0.2) is 21.9 Å². The molecule has 0 aliphatic heterocycles. The van der Waals surface area contributed by atoms with Gasteiger partial charge in [-0.1, -0.05) is 47.1 Å². The van der Waals surface area contributed by atoms with Crippen LogP contribution in [0.4, 0.5) is 0 Å². The van der Waals surface area contributed by atoms with Gasteiger partial charge in [0.1, 0.15) is 5.75 Å². The Bertz CT molecular complexity index is 1010. The number of rotatable bonds is 5. The topological polar surface area (TPSA) is 52.1 Å². The summed E-state index contributed by atoms with van der Waals surface area (Å²) in [6.07, 6.45) is 10.7. The van der Waals surface area contributed by atoms with E-state index in [1.165, 1.54) is 31.2 Å². The summed E-state index contributed by atoms with van der Waals surface area (Å²) in [6, 6.07) is 6.50. The molecule has 1 heterocycles. The molecule has 2 aliphatic carbocycles. The second-order valence-electron chi connectivity index (χ2n) is 10.2. The van der Waals surface area contributed by atoms with Crippen molar-refractivity contribution in [3.63, 3.8) is 0 Å². The van der Waals surface area contributed by atoms with Crippen molar-refractivity contribution in [2.75, 3.05) is 0 Å². The Morgan fingerprint density at radius 1 is 1.12 bits per heavy atom. The van der Waals surface area contributed by atoms with E-state index in [4.69, 9.17) is 14.7 Å². The van der Waals surface area contributed by atoms with Crippen molar-refractivity contribution in [3.8, 4) is 17.0 Å². The van der Waals surface area contributed by atoms with Crippen molar-refractivity contribution < 1.29 is 9.53 Å². The minimum Gasteiger partial charge on any atom is -0.491 e. The zero-order valence-electron chi connectivity index (χ0n) is 19.5. The highest BCUT2D eigenvalue weighted by Crippen LogP contribution is 2.38. The number of Topliss-reactive ketones (excluding diaryl/α,β-unsaturated/α-hetero) is 1. The maximum atomic E-state index is 13.1. The number of allylic oxidation sites excluding steroid dienone is 2. The molecule has 172 valence electrons. The SMILES string of the molecule is C.CC(C)Oc1cc(-c2cnc3c(n2)C(C(=O)C(C)(C)C)=CCC3)cc(C2CCCC2)c1. The molecule has 0 amide bonds. The maximum absolute atomic E-state index is 13.1. The van der Waals surface area contributed by atoms with Gasteiger partial charge in [0.15, 0.2) is 5.78 Å². The third kappa shape index (κ3) is 5.11. The second kappa shape index (κ2) is 9.56. The normalized spacial score (nSPS) is 16.4. The fraction of sp³-hybridized carbons (Fsp3) is 0.536. The van der Waals surface area contributed by atoms with Crippen molar-refractivity contribution in [1.29, 1.82) is 0 Å². The minimum atomic E-state index is -0.446. The van der Waals surface area contributed by atoms with E-state index in [2.05, 4.69) is 32.0 Å². The van der Waals surface area contributed by atoms with Crippen molar-refractivity contribution in [2.24, 2.45) is 5.41 Å². The number of benzene rings is 1. The highest BCUT2D eigenvalue weighted by Gasteiger charge is 2.30. The monoisotopic (exact) mass is 434 g/mol. The van der Waals surface area contributed by atoms with Gasteiger partial charge in [-0.15, -0.1) is 0 Å². The van der Waals surface area contributed by atoms with Crippen molar-refractivity contribution in [2.45, 2.75) is 92.6 Å². The molecule has 0 saturated heterocycles. The lowest BCUT2D eigenvalue weighted by Crippen LogP contribution is -2.24. The van der Waals surface area contributed by atoms with Gasteiger partial charge in [-0.3, -0.25) is 9.78 Å². The van der Waals surface area contributed by atoms with Crippen LogP contribution in [0.5, 0.6) is 5.75 Å². The van der Waals surface area contributed by atoms with Crippen LogP contribution in [0, 0.1) is 5.41 Å². The van der Waals surface area contributed by atoms with E-state index >= 15 is 0 Å². The van der Waals surface area contributed by atoms with Crippen LogP contribution in [-0.2, 0) is 11.2 Å². The molecule has 1 aromatic heterocycles. The van der Waals surface area contributed by atoms with Crippen LogP contribution in [0.1, 0.15) is 97.0 Å². The summed E-state index contributed by atoms with van der Waals surface area (Å²) in [5.74, 6) is 1.59. The Morgan fingerprint density at radius 2 is 1.84 bits per heavy atom. The molecular formula is C28H38N2O2. The number of hydrogen-bond donors (Lipinski definition) is 0. The van der Waals surface area contributed by atoms with Crippen molar-refractivity contribution in [3.05, 3.63) is 47.4 Å². The third-order valence-corrected chi connectivity index (χ3v) is 6.18. The van der Waals surface area contributed by atoms with Gasteiger partial charge < -0.3 is 4.74 Å². The van der Waals surface area contributed by atoms with Gasteiger partial charge in [-0.05, 0) is 69.2 Å². The molecule has 1 fully saturated rings. The summed E-state index contributed by atoms with van der Waals surface area (Å²) in [7, 11) is 0. The van der Waals surface area contributed by atoms with Crippen LogP contribution in [0.3, 0.4) is 0 Å². The number of carbonyl (C=O) groups excluding carboxylic acids is 1. The fourth-order valence-corrected chi connectivity index (χ4v) is 4.61. The average Bonchev–Trinajstić information content (AvgIpc) is 3.26. The Kier molecular flexibility index (Phi) is 7.22. The van der Waals surface area contributed by atoms with Crippen LogP contribution >= 0.6 is 0 Å². The smallest absolute Gasteiger partial charge is 0.170 e. The van der Waals surface area contributed by atoms with E-state index < -0.39 is 5.41 Å². The second-order valence-corrected chi connectivity index (χ2v) is 10.2. The predicted molar refractivity (Wildman–Crippen MR) is 132 cm³/mol. The number of ketones is 1. The molecule has 0 atom stereocenters. The van der Waals surface area contributed by atoms with Gasteiger partial charge in [-0.2, -0.15) is 0 Å². The first kappa shape index (κ1) is 24.2. The van der Waals surface area contributed by atoms with Gasteiger partial charge in [0.05, 0.1) is 29.4 Å². The number of fused-ring (bicyclic) bond motifs is 1. The highest BCUT2D eigenvalue weighted by molar-refractivity contribution is 6.23. The summed E-state index contributed by atoms with van der Waals surface area (Å²) in [4.78, 5) is 22.8. The quantitative estimate of drug-likeness (QED) is 0.500.